The van der Waals surface area contributed by atoms with Crippen molar-refractivity contribution in [2.45, 2.75) is 0 Å². The van der Waals surface area contributed by atoms with Crippen molar-refractivity contribution in [2.75, 3.05) is 25.5 Å². The number of fused-ring (bicyclic) bond motifs is 1. The number of likely N-dealkylation sites (N-methyl/N-ethyl adjacent to an activating group) is 1. The Morgan fingerprint density at radius 3 is 2.35 bits per heavy atom. The number of hydrogen-bond donors (Lipinski definition) is 2. The van der Waals surface area contributed by atoms with Crippen LogP contribution in [0.4, 0.5) is 18.9 Å². The van der Waals surface area contributed by atoms with Crippen molar-refractivity contribution in [3.05, 3.63) is 77.6 Å². The average molecular weight is 429 g/mol. The summed E-state index contributed by atoms with van der Waals surface area (Å²) < 4.78 is 39.8. The zero-order valence-corrected chi connectivity index (χ0v) is 16.4. The van der Waals surface area contributed by atoms with Crippen molar-refractivity contribution in [3.63, 3.8) is 0 Å². The fourth-order valence-electron chi connectivity index (χ4n) is 2.84. The monoisotopic (exact) mass is 429 g/mol. The molecule has 0 spiro atoms. The molecular formula is C22H18F3N3O3. The summed E-state index contributed by atoms with van der Waals surface area (Å²) in [4.78, 5) is 37.5. The summed E-state index contributed by atoms with van der Waals surface area (Å²) in [7, 11) is 1.31. The number of nitrogens with one attached hydrogen (secondary N) is 2. The lowest BCUT2D eigenvalue weighted by Gasteiger charge is -2.17. The third-order valence-electron chi connectivity index (χ3n) is 4.53. The number of amides is 3. The molecule has 0 aliphatic rings. The molecular weight excluding hydrogens is 411 g/mol. The van der Waals surface area contributed by atoms with E-state index < -0.39 is 47.4 Å². The van der Waals surface area contributed by atoms with Crippen LogP contribution in [0, 0.1) is 17.5 Å². The Morgan fingerprint density at radius 1 is 0.903 bits per heavy atom. The molecule has 0 atom stereocenters. The maximum atomic E-state index is 13.6. The summed E-state index contributed by atoms with van der Waals surface area (Å²) in [5.41, 5.74) is -0.171. The molecule has 6 nitrogen and oxygen atoms in total. The maximum Gasteiger partial charge on any atom is 0.251 e. The standard InChI is InChI=1S/C22H18F3N3O3/c1-28(12-18(29)27-17-9-8-16(23)20(24)21(17)25)19(30)11-26-22(31)15-7-6-13-4-2-3-5-14(13)10-15/h2-10H,11-12H2,1H3,(H,26,31)(H,27,29). The van der Waals surface area contributed by atoms with Crippen LogP contribution in [0.3, 0.4) is 0 Å². The molecule has 3 rings (SSSR count). The predicted molar refractivity (Wildman–Crippen MR) is 109 cm³/mol. The first kappa shape index (κ1) is 21.8. The first-order valence-electron chi connectivity index (χ1n) is 9.20. The Bertz CT molecular complexity index is 1170. The number of carbonyl (C=O) groups excluding carboxylic acids is 3. The van der Waals surface area contributed by atoms with Gasteiger partial charge in [0.15, 0.2) is 17.5 Å². The molecule has 0 aliphatic carbocycles. The molecule has 0 unspecified atom stereocenters. The van der Waals surface area contributed by atoms with Crippen LogP contribution >= 0.6 is 0 Å². The molecule has 0 saturated heterocycles. The molecule has 0 bridgehead atoms. The van der Waals surface area contributed by atoms with Gasteiger partial charge in [-0.15, -0.1) is 0 Å². The highest BCUT2D eigenvalue weighted by Crippen LogP contribution is 2.19. The fourth-order valence-corrected chi connectivity index (χ4v) is 2.84. The van der Waals surface area contributed by atoms with Gasteiger partial charge in [-0.3, -0.25) is 14.4 Å². The normalized spacial score (nSPS) is 10.6. The van der Waals surface area contributed by atoms with E-state index in [1.54, 1.807) is 18.2 Å². The number of benzene rings is 3. The number of carbonyl (C=O) groups is 3. The summed E-state index contributed by atoms with van der Waals surface area (Å²) in [6.07, 6.45) is 0. The smallest absolute Gasteiger partial charge is 0.251 e. The lowest BCUT2D eigenvalue weighted by atomic mass is 10.1. The first-order valence-corrected chi connectivity index (χ1v) is 9.20. The maximum absolute atomic E-state index is 13.6. The van der Waals surface area contributed by atoms with Crippen LogP contribution < -0.4 is 10.6 Å². The molecule has 2 N–H and O–H groups in total. The molecule has 160 valence electrons. The molecule has 3 aromatic carbocycles. The summed E-state index contributed by atoms with van der Waals surface area (Å²) in [6, 6.07) is 14.2. The Morgan fingerprint density at radius 2 is 1.61 bits per heavy atom. The fraction of sp³-hybridized carbons (Fsp3) is 0.136. The number of nitrogens with zero attached hydrogens (tertiary/aromatic N) is 1. The van der Waals surface area contributed by atoms with E-state index in [1.807, 2.05) is 24.3 Å². The highest BCUT2D eigenvalue weighted by Gasteiger charge is 2.18. The molecule has 0 saturated carbocycles. The van der Waals surface area contributed by atoms with E-state index in [1.165, 1.54) is 7.05 Å². The average Bonchev–Trinajstić information content (AvgIpc) is 2.77. The summed E-state index contributed by atoms with van der Waals surface area (Å²) in [5.74, 6) is -6.48. The van der Waals surface area contributed by atoms with Crippen LogP contribution in [0.1, 0.15) is 10.4 Å². The molecule has 3 amide bonds. The Kier molecular flexibility index (Phi) is 6.54. The molecule has 0 aliphatic heterocycles. The van der Waals surface area contributed by atoms with Crippen molar-refractivity contribution >= 4 is 34.2 Å². The minimum absolute atomic E-state index is 0.366. The summed E-state index contributed by atoms with van der Waals surface area (Å²) >= 11 is 0. The largest absolute Gasteiger partial charge is 0.343 e. The highest BCUT2D eigenvalue weighted by molar-refractivity contribution is 6.00. The minimum Gasteiger partial charge on any atom is -0.343 e. The topological polar surface area (TPSA) is 78.5 Å². The SMILES string of the molecule is CN(CC(=O)Nc1ccc(F)c(F)c1F)C(=O)CNC(=O)c1ccc2ccccc2c1. The van der Waals surface area contributed by atoms with E-state index >= 15 is 0 Å². The van der Waals surface area contributed by atoms with Crippen LogP contribution in [-0.2, 0) is 9.59 Å². The van der Waals surface area contributed by atoms with Gasteiger partial charge in [0.05, 0.1) is 18.8 Å². The third-order valence-corrected chi connectivity index (χ3v) is 4.53. The molecule has 0 heterocycles. The van der Waals surface area contributed by atoms with Gasteiger partial charge in [0.2, 0.25) is 11.8 Å². The van der Waals surface area contributed by atoms with Gasteiger partial charge in [0, 0.05) is 12.6 Å². The van der Waals surface area contributed by atoms with Gasteiger partial charge >= 0.3 is 0 Å². The van der Waals surface area contributed by atoms with Gasteiger partial charge in [-0.1, -0.05) is 30.3 Å². The molecule has 9 heteroatoms. The minimum atomic E-state index is -1.71. The van der Waals surface area contributed by atoms with Crippen molar-refractivity contribution in [2.24, 2.45) is 0 Å². The van der Waals surface area contributed by atoms with Crippen LogP contribution in [-0.4, -0.2) is 42.8 Å². The van der Waals surface area contributed by atoms with Crippen LogP contribution in [0.25, 0.3) is 10.8 Å². The highest BCUT2D eigenvalue weighted by atomic mass is 19.2. The van der Waals surface area contributed by atoms with Gasteiger partial charge in [0.1, 0.15) is 0 Å². The summed E-state index contributed by atoms with van der Waals surface area (Å²) in [6.45, 7) is -0.849. The van der Waals surface area contributed by atoms with E-state index in [0.717, 1.165) is 21.7 Å². The van der Waals surface area contributed by atoms with E-state index in [4.69, 9.17) is 0 Å². The van der Waals surface area contributed by atoms with Gasteiger partial charge in [0.25, 0.3) is 5.91 Å². The molecule has 0 aromatic heterocycles. The molecule has 0 radical (unpaired) electrons. The second-order valence-corrected chi connectivity index (χ2v) is 6.77. The van der Waals surface area contributed by atoms with Crippen molar-refractivity contribution in [1.82, 2.24) is 10.2 Å². The third kappa shape index (κ3) is 5.19. The Labute approximate surface area is 175 Å². The number of rotatable bonds is 6. The number of hydrogen-bond acceptors (Lipinski definition) is 3. The van der Waals surface area contributed by atoms with Crippen molar-refractivity contribution in [3.8, 4) is 0 Å². The van der Waals surface area contributed by atoms with Gasteiger partial charge in [-0.2, -0.15) is 0 Å². The van der Waals surface area contributed by atoms with Crippen molar-refractivity contribution in [1.29, 1.82) is 0 Å². The zero-order chi connectivity index (χ0) is 22.5. The second kappa shape index (κ2) is 9.29. The predicted octanol–water partition coefficient (Wildman–Crippen LogP) is 3.08. The van der Waals surface area contributed by atoms with Crippen LogP contribution in [0.15, 0.2) is 54.6 Å². The Hall–Kier alpha value is -3.88. The quantitative estimate of drug-likeness (QED) is 0.591. The van der Waals surface area contributed by atoms with E-state index in [0.29, 0.717) is 11.6 Å². The van der Waals surface area contributed by atoms with Gasteiger partial charge in [-0.05, 0) is 35.0 Å². The first-order chi connectivity index (χ1) is 14.8. The van der Waals surface area contributed by atoms with Crippen LogP contribution in [0.5, 0.6) is 0 Å². The molecule has 0 fully saturated rings. The van der Waals surface area contributed by atoms with Crippen LogP contribution in [0.2, 0.25) is 0 Å². The van der Waals surface area contributed by atoms with Crippen molar-refractivity contribution < 1.29 is 27.6 Å². The van der Waals surface area contributed by atoms with E-state index in [9.17, 15) is 27.6 Å². The molecule has 31 heavy (non-hydrogen) atoms. The zero-order valence-electron chi connectivity index (χ0n) is 16.4. The van der Waals surface area contributed by atoms with E-state index in [2.05, 4.69) is 10.6 Å². The Balaban J connectivity index is 1.53. The summed E-state index contributed by atoms with van der Waals surface area (Å²) in [5, 5.41) is 6.39. The lowest BCUT2D eigenvalue weighted by molar-refractivity contribution is -0.132. The van der Waals surface area contributed by atoms with Gasteiger partial charge in [-0.25, -0.2) is 13.2 Å². The second-order valence-electron chi connectivity index (χ2n) is 6.77. The lowest BCUT2D eigenvalue weighted by Crippen LogP contribution is -2.41. The van der Waals surface area contributed by atoms with E-state index in [-0.39, 0.29) is 6.54 Å². The molecule has 3 aromatic rings. The number of halogens is 3. The number of anilines is 1. The van der Waals surface area contributed by atoms with Gasteiger partial charge < -0.3 is 15.5 Å².